The van der Waals surface area contributed by atoms with Gasteiger partial charge in [0.2, 0.25) is 5.95 Å². The van der Waals surface area contributed by atoms with Gasteiger partial charge in [-0.3, -0.25) is 0 Å². The van der Waals surface area contributed by atoms with Crippen LogP contribution in [0.2, 0.25) is 0 Å². The number of aryl methyl sites for hydroxylation is 1. The number of nitrogens with zero attached hydrogens (tertiary/aromatic N) is 4. The highest BCUT2D eigenvalue weighted by atomic mass is 16.4. The molecule has 0 aliphatic heterocycles. The standard InChI is InChI=1S/C13H21N5O/c1-9-7-11(12(14)17-19)16-13(15-9)18(2)8-10-5-3-4-6-10/h7,10,19H,3-6,8H2,1-2H3,(H2,14,17). The maximum atomic E-state index is 8.73. The minimum atomic E-state index is 0.0148. The van der Waals surface area contributed by atoms with Gasteiger partial charge in [0.05, 0.1) is 0 Å². The summed E-state index contributed by atoms with van der Waals surface area (Å²) in [4.78, 5) is 10.8. The Morgan fingerprint density at radius 1 is 1.47 bits per heavy atom. The van der Waals surface area contributed by atoms with E-state index in [0.29, 0.717) is 11.6 Å². The fourth-order valence-electron chi connectivity index (χ4n) is 2.57. The number of hydrogen-bond acceptors (Lipinski definition) is 5. The summed E-state index contributed by atoms with van der Waals surface area (Å²) >= 11 is 0. The van der Waals surface area contributed by atoms with Crippen molar-refractivity contribution in [3.8, 4) is 0 Å². The zero-order chi connectivity index (χ0) is 13.8. The molecule has 6 nitrogen and oxygen atoms in total. The summed E-state index contributed by atoms with van der Waals surface area (Å²) in [5.74, 6) is 1.37. The summed E-state index contributed by atoms with van der Waals surface area (Å²) in [6, 6.07) is 1.71. The summed E-state index contributed by atoms with van der Waals surface area (Å²) in [6.07, 6.45) is 5.21. The van der Waals surface area contributed by atoms with Gasteiger partial charge in [0.15, 0.2) is 5.84 Å². The highest BCUT2D eigenvalue weighted by Gasteiger charge is 2.18. The largest absolute Gasteiger partial charge is 0.409 e. The van der Waals surface area contributed by atoms with E-state index >= 15 is 0 Å². The van der Waals surface area contributed by atoms with Gasteiger partial charge in [0.25, 0.3) is 0 Å². The third-order valence-corrected chi connectivity index (χ3v) is 3.56. The smallest absolute Gasteiger partial charge is 0.225 e. The molecule has 19 heavy (non-hydrogen) atoms. The number of aromatic nitrogens is 2. The lowest BCUT2D eigenvalue weighted by Crippen LogP contribution is -2.27. The zero-order valence-electron chi connectivity index (χ0n) is 11.5. The van der Waals surface area contributed by atoms with Crippen molar-refractivity contribution in [3.05, 3.63) is 17.5 Å². The first kappa shape index (κ1) is 13.6. The molecule has 1 aliphatic carbocycles. The van der Waals surface area contributed by atoms with Crippen molar-refractivity contribution < 1.29 is 5.21 Å². The first-order valence-electron chi connectivity index (χ1n) is 6.65. The molecule has 1 aliphatic rings. The van der Waals surface area contributed by atoms with E-state index in [4.69, 9.17) is 10.9 Å². The van der Waals surface area contributed by atoms with Crippen LogP contribution in [0.5, 0.6) is 0 Å². The molecule has 0 spiro atoms. The maximum absolute atomic E-state index is 8.73. The van der Waals surface area contributed by atoms with Crippen molar-refractivity contribution in [2.24, 2.45) is 16.8 Å². The Labute approximate surface area is 113 Å². The molecule has 0 amide bonds. The Kier molecular flexibility index (Phi) is 4.19. The topological polar surface area (TPSA) is 87.6 Å². The van der Waals surface area contributed by atoms with Crippen molar-refractivity contribution in [1.82, 2.24) is 9.97 Å². The lowest BCUT2D eigenvalue weighted by Gasteiger charge is -2.21. The van der Waals surface area contributed by atoms with Gasteiger partial charge >= 0.3 is 0 Å². The van der Waals surface area contributed by atoms with Crippen LogP contribution in [-0.2, 0) is 0 Å². The molecule has 0 saturated heterocycles. The van der Waals surface area contributed by atoms with Gasteiger partial charge < -0.3 is 15.8 Å². The normalized spacial score (nSPS) is 16.8. The predicted molar refractivity (Wildman–Crippen MR) is 74.5 cm³/mol. The minimum Gasteiger partial charge on any atom is -0.409 e. The lowest BCUT2D eigenvalue weighted by atomic mass is 10.1. The lowest BCUT2D eigenvalue weighted by molar-refractivity contribution is 0.318. The molecule has 0 atom stereocenters. The average Bonchev–Trinajstić information content (AvgIpc) is 2.89. The van der Waals surface area contributed by atoms with Crippen molar-refractivity contribution in [2.45, 2.75) is 32.6 Å². The molecule has 1 heterocycles. The number of rotatable bonds is 4. The number of hydrogen-bond donors (Lipinski definition) is 2. The maximum Gasteiger partial charge on any atom is 0.225 e. The van der Waals surface area contributed by atoms with Crippen LogP contribution in [0.4, 0.5) is 5.95 Å². The van der Waals surface area contributed by atoms with E-state index in [1.165, 1.54) is 25.7 Å². The van der Waals surface area contributed by atoms with Crippen LogP contribution in [0.3, 0.4) is 0 Å². The Bertz CT molecular complexity index is 468. The fourth-order valence-corrected chi connectivity index (χ4v) is 2.57. The Morgan fingerprint density at radius 2 is 2.16 bits per heavy atom. The molecule has 0 radical (unpaired) electrons. The van der Waals surface area contributed by atoms with Crippen molar-refractivity contribution in [2.75, 3.05) is 18.5 Å². The molecular formula is C13H21N5O. The number of nitrogens with two attached hydrogens (primary N) is 1. The Balaban J connectivity index is 2.16. The Hall–Kier alpha value is -1.85. The SMILES string of the molecule is Cc1cc(/C(N)=N/O)nc(N(C)CC2CCCC2)n1. The molecule has 1 aromatic rings. The molecule has 6 heteroatoms. The van der Waals surface area contributed by atoms with E-state index in [1.54, 1.807) is 6.07 Å². The quantitative estimate of drug-likeness (QED) is 0.372. The number of oxime groups is 1. The van der Waals surface area contributed by atoms with E-state index in [-0.39, 0.29) is 5.84 Å². The second-order valence-corrected chi connectivity index (χ2v) is 5.21. The van der Waals surface area contributed by atoms with Crippen molar-refractivity contribution in [1.29, 1.82) is 0 Å². The van der Waals surface area contributed by atoms with Gasteiger partial charge in [-0.05, 0) is 31.7 Å². The van der Waals surface area contributed by atoms with Crippen molar-refractivity contribution in [3.63, 3.8) is 0 Å². The fraction of sp³-hybridized carbons (Fsp3) is 0.615. The average molecular weight is 263 g/mol. The summed E-state index contributed by atoms with van der Waals surface area (Å²) in [5, 5.41) is 11.7. The highest BCUT2D eigenvalue weighted by Crippen LogP contribution is 2.26. The predicted octanol–water partition coefficient (Wildman–Crippen LogP) is 1.51. The third kappa shape index (κ3) is 3.33. The summed E-state index contributed by atoms with van der Waals surface area (Å²) in [7, 11) is 1.99. The zero-order valence-corrected chi connectivity index (χ0v) is 11.5. The molecule has 0 bridgehead atoms. The second kappa shape index (κ2) is 5.86. The van der Waals surface area contributed by atoms with E-state index < -0.39 is 0 Å². The summed E-state index contributed by atoms with van der Waals surface area (Å²) in [5.41, 5.74) is 6.86. The van der Waals surface area contributed by atoms with Crippen molar-refractivity contribution >= 4 is 11.8 Å². The molecule has 2 rings (SSSR count). The van der Waals surface area contributed by atoms with Crippen LogP contribution < -0.4 is 10.6 Å². The molecule has 104 valence electrons. The van der Waals surface area contributed by atoms with Crippen LogP contribution in [0, 0.1) is 12.8 Å². The molecule has 0 unspecified atom stereocenters. The first-order valence-corrected chi connectivity index (χ1v) is 6.65. The van der Waals surface area contributed by atoms with Gasteiger partial charge in [-0.15, -0.1) is 0 Å². The molecule has 3 N–H and O–H groups in total. The van der Waals surface area contributed by atoms with E-state index in [1.807, 2.05) is 14.0 Å². The van der Waals surface area contributed by atoms with Crippen LogP contribution in [0.1, 0.15) is 37.1 Å². The monoisotopic (exact) mass is 263 g/mol. The van der Waals surface area contributed by atoms with Crippen LogP contribution in [0.15, 0.2) is 11.2 Å². The van der Waals surface area contributed by atoms with Gasteiger partial charge in [0.1, 0.15) is 5.69 Å². The molecular weight excluding hydrogens is 242 g/mol. The highest BCUT2D eigenvalue weighted by molar-refractivity contribution is 5.95. The first-order chi connectivity index (χ1) is 9.10. The van der Waals surface area contributed by atoms with E-state index in [2.05, 4.69) is 20.0 Å². The molecule has 1 fully saturated rings. The second-order valence-electron chi connectivity index (χ2n) is 5.21. The van der Waals surface area contributed by atoms with E-state index in [9.17, 15) is 0 Å². The summed E-state index contributed by atoms with van der Waals surface area (Å²) < 4.78 is 0. The van der Waals surface area contributed by atoms with Crippen LogP contribution in [0.25, 0.3) is 0 Å². The van der Waals surface area contributed by atoms with Gasteiger partial charge in [-0.25, -0.2) is 9.97 Å². The van der Waals surface area contributed by atoms with Crippen LogP contribution in [-0.4, -0.2) is 34.6 Å². The molecule has 0 aromatic carbocycles. The third-order valence-electron chi connectivity index (χ3n) is 3.56. The van der Waals surface area contributed by atoms with Gasteiger partial charge in [-0.2, -0.15) is 0 Å². The number of amidine groups is 1. The van der Waals surface area contributed by atoms with Gasteiger partial charge in [0, 0.05) is 19.3 Å². The van der Waals surface area contributed by atoms with E-state index in [0.717, 1.165) is 18.2 Å². The summed E-state index contributed by atoms with van der Waals surface area (Å²) in [6.45, 7) is 2.84. The molecule has 1 saturated carbocycles. The number of anilines is 1. The Morgan fingerprint density at radius 3 is 2.79 bits per heavy atom. The molecule has 1 aromatic heterocycles. The van der Waals surface area contributed by atoms with Crippen LogP contribution >= 0.6 is 0 Å². The van der Waals surface area contributed by atoms with Gasteiger partial charge in [-0.1, -0.05) is 18.0 Å². The minimum absolute atomic E-state index is 0.0148.